The Labute approximate surface area is 217 Å². The van der Waals surface area contributed by atoms with Gasteiger partial charge in [-0.3, -0.25) is 18.7 Å². The van der Waals surface area contributed by atoms with E-state index in [0.717, 1.165) is 10.1 Å². The van der Waals surface area contributed by atoms with E-state index >= 15 is 0 Å². The zero-order valence-corrected chi connectivity index (χ0v) is 20.6. The number of nitrogens with zero attached hydrogens (tertiary/aromatic N) is 2. The van der Waals surface area contributed by atoms with Gasteiger partial charge in [-0.1, -0.05) is 60.1 Å². The Morgan fingerprint density at radius 1 is 0.865 bits per heavy atom. The molecular formula is C29H24ClN3O4. The molecule has 2 aromatic heterocycles. The highest BCUT2D eigenvalue weighted by atomic mass is 35.5. The maximum Gasteiger partial charge on any atom is 0.332 e. The number of benzene rings is 3. The molecule has 7 nitrogen and oxygen atoms in total. The smallest absolute Gasteiger partial charge is 0.332 e. The number of aromatic nitrogens is 2. The summed E-state index contributed by atoms with van der Waals surface area (Å²) in [7, 11) is 0. The van der Waals surface area contributed by atoms with Crippen LogP contribution in [0.25, 0.3) is 10.9 Å². The largest absolute Gasteiger partial charge is 0.467 e. The minimum absolute atomic E-state index is 0.00908. The van der Waals surface area contributed by atoms with Gasteiger partial charge in [-0.25, -0.2) is 4.79 Å². The highest BCUT2D eigenvalue weighted by molar-refractivity contribution is 6.31. The van der Waals surface area contributed by atoms with E-state index in [1.54, 1.807) is 36.4 Å². The van der Waals surface area contributed by atoms with Gasteiger partial charge in [0.15, 0.2) is 0 Å². The average Bonchev–Trinajstić information content (AvgIpc) is 3.43. The third kappa shape index (κ3) is 5.27. The van der Waals surface area contributed by atoms with E-state index in [0.29, 0.717) is 45.8 Å². The van der Waals surface area contributed by atoms with Gasteiger partial charge < -0.3 is 9.73 Å². The Morgan fingerprint density at radius 2 is 1.65 bits per heavy atom. The maximum atomic E-state index is 13.6. The lowest BCUT2D eigenvalue weighted by atomic mass is 10.1. The second-order valence-corrected chi connectivity index (χ2v) is 9.06. The van der Waals surface area contributed by atoms with Crippen molar-refractivity contribution in [2.75, 3.05) is 6.54 Å². The van der Waals surface area contributed by atoms with E-state index in [4.69, 9.17) is 16.0 Å². The van der Waals surface area contributed by atoms with Crippen molar-refractivity contribution in [3.8, 4) is 0 Å². The molecule has 0 fully saturated rings. The van der Waals surface area contributed by atoms with Crippen molar-refractivity contribution >= 4 is 28.4 Å². The number of halogens is 1. The first-order valence-electron chi connectivity index (χ1n) is 11.9. The number of hydrogen-bond acceptors (Lipinski definition) is 4. The molecule has 1 amide bonds. The molecule has 0 saturated heterocycles. The Bertz CT molecular complexity index is 1670. The molecule has 1 N–H and O–H groups in total. The molecule has 0 bridgehead atoms. The molecule has 2 heterocycles. The van der Waals surface area contributed by atoms with Crippen molar-refractivity contribution in [2.24, 2.45) is 0 Å². The zero-order chi connectivity index (χ0) is 25.8. The number of furan rings is 1. The molecule has 5 aromatic rings. The molecule has 8 heteroatoms. The molecular weight excluding hydrogens is 490 g/mol. The number of fused-ring (bicyclic) bond motifs is 1. The van der Waals surface area contributed by atoms with Crippen LogP contribution < -0.4 is 16.6 Å². The van der Waals surface area contributed by atoms with Gasteiger partial charge in [0.25, 0.3) is 11.5 Å². The van der Waals surface area contributed by atoms with Crippen LogP contribution >= 0.6 is 11.6 Å². The monoisotopic (exact) mass is 513 g/mol. The number of amides is 1. The van der Waals surface area contributed by atoms with Gasteiger partial charge >= 0.3 is 5.69 Å². The van der Waals surface area contributed by atoms with Crippen LogP contribution in [0.3, 0.4) is 0 Å². The minimum atomic E-state index is -0.518. The van der Waals surface area contributed by atoms with Crippen molar-refractivity contribution in [3.05, 3.63) is 140 Å². The van der Waals surface area contributed by atoms with Crippen molar-refractivity contribution in [1.82, 2.24) is 14.5 Å². The molecule has 0 aliphatic carbocycles. The lowest BCUT2D eigenvalue weighted by Crippen LogP contribution is -2.40. The van der Waals surface area contributed by atoms with Crippen molar-refractivity contribution < 1.29 is 9.21 Å². The number of carbonyl (C=O) groups is 1. The van der Waals surface area contributed by atoms with Crippen LogP contribution in [-0.2, 0) is 19.5 Å². The third-order valence-corrected chi connectivity index (χ3v) is 6.58. The Hall–Kier alpha value is -4.36. The molecule has 3 aromatic carbocycles. The van der Waals surface area contributed by atoms with Crippen LogP contribution in [0.5, 0.6) is 0 Å². The Kier molecular flexibility index (Phi) is 7.05. The topological polar surface area (TPSA) is 86.2 Å². The lowest BCUT2D eigenvalue weighted by Gasteiger charge is -2.15. The first-order chi connectivity index (χ1) is 18.0. The second kappa shape index (κ2) is 10.7. The highest BCUT2D eigenvalue weighted by Gasteiger charge is 2.17. The van der Waals surface area contributed by atoms with Crippen LogP contribution in [0, 0.1) is 0 Å². The highest BCUT2D eigenvalue weighted by Crippen LogP contribution is 2.19. The van der Waals surface area contributed by atoms with Gasteiger partial charge in [0, 0.05) is 17.1 Å². The van der Waals surface area contributed by atoms with Crippen LogP contribution in [0.15, 0.2) is 105 Å². The van der Waals surface area contributed by atoms with Gasteiger partial charge in [-0.15, -0.1) is 0 Å². The van der Waals surface area contributed by atoms with Crippen molar-refractivity contribution in [2.45, 2.75) is 19.5 Å². The summed E-state index contributed by atoms with van der Waals surface area (Å²) in [5, 5.41) is 3.74. The van der Waals surface area contributed by atoms with Crippen LogP contribution in [0.2, 0.25) is 5.02 Å². The number of nitrogens with one attached hydrogen (secondary N) is 1. The molecule has 0 spiro atoms. The number of hydrogen-bond donors (Lipinski definition) is 1. The normalized spacial score (nSPS) is 11.1. The fourth-order valence-electron chi connectivity index (χ4n) is 4.27. The van der Waals surface area contributed by atoms with Gasteiger partial charge in [0.05, 0.1) is 30.3 Å². The van der Waals surface area contributed by atoms with Gasteiger partial charge in [-0.05, 0) is 53.9 Å². The molecule has 186 valence electrons. The Morgan fingerprint density at radius 3 is 2.41 bits per heavy atom. The van der Waals surface area contributed by atoms with E-state index < -0.39 is 11.2 Å². The zero-order valence-electron chi connectivity index (χ0n) is 19.9. The minimum Gasteiger partial charge on any atom is -0.467 e. The fraction of sp³-hybridized carbons (Fsp3) is 0.138. The van der Waals surface area contributed by atoms with Gasteiger partial charge in [0.2, 0.25) is 0 Å². The molecule has 0 saturated carbocycles. The Balaban J connectivity index is 1.54. The van der Waals surface area contributed by atoms with E-state index in [-0.39, 0.29) is 19.0 Å². The molecule has 0 atom stereocenters. The van der Waals surface area contributed by atoms with E-state index in [1.807, 2.05) is 48.5 Å². The van der Waals surface area contributed by atoms with Gasteiger partial charge in [-0.2, -0.15) is 0 Å². The standard InChI is InChI=1S/C29H24ClN3O4/c30-25-11-5-4-9-22(25)18-32-26-17-21(27(34)31-15-14-20-7-2-1-3-8-20)12-13-24(26)28(35)33(29(32)36)19-23-10-6-16-37-23/h1-13,16-17H,14-15,18-19H2,(H,31,34). The third-order valence-electron chi connectivity index (χ3n) is 6.21. The molecule has 5 rings (SSSR count). The van der Waals surface area contributed by atoms with Crippen LogP contribution in [-0.4, -0.2) is 21.6 Å². The van der Waals surface area contributed by atoms with Crippen molar-refractivity contribution in [1.29, 1.82) is 0 Å². The molecule has 0 aliphatic rings. The number of rotatable bonds is 8. The molecule has 37 heavy (non-hydrogen) atoms. The summed E-state index contributed by atoms with van der Waals surface area (Å²) in [6.07, 6.45) is 2.18. The fourth-order valence-corrected chi connectivity index (χ4v) is 4.47. The summed E-state index contributed by atoms with van der Waals surface area (Å²) < 4.78 is 7.99. The first-order valence-corrected chi connectivity index (χ1v) is 12.2. The number of carbonyl (C=O) groups excluding carboxylic acids is 1. The summed E-state index contributed by atoms with van der Waals surface area (Å²) in [4.78, 5) is 39.9. The second-order valence-electron chi connectivity index (χ2n) is 8.65. The summed E-state index contributed by atoms with van der Waals surface area (Å²) >= 11 is 6.39. The van der Waals surface area contributed by atoms with Crippen molar-refractivity contribution in [3.63, 3.8) is 0 Å². The van der Waals surface area contributed by atoms with E-state index in [9.17, 15) is 14.4 Å². The van der Waals surface area contributed by atoms with Crippen LogP contribution in [0.4, 0.5) is 0 Å². The van der Waals surface area contributed by atoms with E-state index in [2.05, 4.69) is 5.32 Å². The van der Waals surface area contributed by atoms with E-state index in [1.165, 1.54) is 10.8 Å². The first kappa shape index (κ1) is 24.3. The summed E-state index contributed by atoms with van der Waals surface area (Å²) in [5.74, 6) is 0.201. The summed E-state index contributed by atoms with van der Waals surface area (Å²) in [6.45, 7) is 0.579. The SMILES string of the molecule is O=C(NCCc1ccccc1)c1ccc2c(=O)n(Cc3ccco3)c(=O)n(Cc3ccccc3Cl)c2c1. The lowest BCUT2D eigenvalue weighted by molar-refractivity contribution is 0.0954. The predicted molar refractivity (Wildman–Crippen MR) is 143 cm³/mol. The summed E-state index contributed by atoms with van der Waals surface area (Å²) in [5.41, 5.74) is 1.58. The van der Waals surface area contributed by atoms with Crippen LogP contribution in [0.1, 0.15) is 27.2 Å². The average molecular weight is 514 g/mol. The summed E-state index contributed by atoms with van der Waals surface area (Å²) in [6, 6.07) is 25.3. The molecule has 0 unspecified atom stereocenters. The predicted octanol–water partition coefficient (Wildman–Crippen LogP) is 4.48. The quantitative estimate of drug-likeness (QED) is 0.331. The molecule has 0 radical (unpaired) electrons. The maximum absolute atomic E-state index is 13.6. The van der Waals surface area contributed by atoms with Gasteiger partial charge in [0.1, 0.15) is 5.76 Å². The molecule has 0 aliphatic heterocycles.